The number of H-pyrrole nitrogens is 1. The molecule has 172 valence electrons. The van der Waals surface area contributed by atoms with Crippen molar-refractivity contribution in [3.05, 3.63) is 70.8 Å². The van der Waals surface area contributed by atoms with E-state index in [1.165, 1.54) is 17.0 Å². The Morgan fingerprint density at radius 1 is 1.21 bits per heavy atom. The molecule has 0 radical (unpaired) electrons. The third-order valence-electron chi connectivity index (χ3n) is 6.04. The Kier molecular flexibility index (Phi) is 5.25. The lowest BCUT2D eigenvalue weighted by Crippen LogP contribution is -2.31. The van der Waals surface area contributed by atoms with Crippen molar-refractivity contribution in [2.45, 2.75) is 6.42 Å². The zero-order chi connectivity index (χ0) is 24.0. The Morgan fingerprint density at radius 3 is 2.71 bits per heavy atom. The van der Waals surface area contributed by atoms with Gasteiger partial charge in [0.15, 0.2) is 0 Å². The largest absolute Gasteiger partial charge is 0.387 e. The monoisotopic (exact) mass is 460 g/mol. The average molecular weight is 460 g/mol. The van der Waals surface area contributed by atoms with Gasteiger partial charge < -0.3 is 25.6 Å². The van der Waals surface area contributed by atoms with Crippen LogP contribution >= 0.6 is 0 Å². The highest BCUT2D eigenvalue weighted by atomic mass is 19.1. The molecular formula is C25H21FN4O4. The number of rotatable bonds is 4. The molecule has 2 aliphatic rings. The molecule has 2 aromatic carbocycles. The zero-order valence-corrected chi connectivity index (χ0v) is 18.2. The molecule has 1 aromatic heterocycles. The Hall–Kier alpha value is -4.24. The van der Waals surface area contributed by atoms with Crippen LogP contribution in [-0.4, -0.2) is 48.0 Å². The van der Waals surface area contributed by atoms with Crippen molar-refractivity contribution in [3.8, 4) is 11.1 Å². The zero-order valence-electron chi connectivity index (χ0n) is 18.2. The first-order chi connectivity index (χ1) is 16.4. The number of carbonyl (C=O) groups excluding carboxylic acids is 3. The second-order valence-corrected chi connectivity index (χ2v) is 8.12. The number of carbonyl (C=O) groups is 3. The maximum Gasteiger partial charge on any atom is 0.258 e. The van der Waals surface area contributed by atoms with E-state index in [0.717, 1.165) is 11.3 Å². The number of halogens is 1. The second-order valence-electron chi connectivity index (χ2n) is 8.12. The number of aliphatic hydroxyl groups excluding tert-OH is 1. The minimum atomic E-state index is -0.788. The maximum atomic E-state index is 14.8. The van der Waals surface area contributed by atoms with Gasteiger partial charge in [0.2, 0.25) is 5.91 Å². The van der Waals surface area contributed by atoms with Gasteiger partial charge >= 0.3 is 0 Å². The van der Waals surface area contributed by atoms with Gasteiger partial charge in [0.25, 0.3) is 11.8 Å². The minimum Gasteiger partial charge on any atom is -0.387 e. The lowest BCUT2D eigenvalue weighted by Gasteiger charge is -2.14. The van der Waals surface area contributed by atoms with Crippen LogP contribution in [0.5, 0.6) is 0 Å². The van der Waals surface area contributed by atoms with Crippen molar-refractivity contribution >= 4 is 40.7 Å². The number of aromatic amines is 1. The number of hydrogen-bond acceptors (Lipinski definition) is 4. The molecule has 0 unspecified atom stereocenters. The Morgan fingerprint density at radius 2 is 1.97 bits per heavy atom. The van der Waals surface area contributed by atoms with Crippen LogP contribution in [-0.2, 0) is 16.0 Å². The molecule has 8 nitrogen and oxygen atoms in total. The van der Waals surface area contributed by atoms with Crippen molar-refractivity contribution in [1.82, 2.24) is 10.3 Å². The molecule has 0 saturated heterocycles. The summed E-state index contributed by atoms with van der Waals surface area (Å²) in [5.41, 5.74) is 4.30. The van der Waals surface area contributed by atoms with Crippen LogP contribution in [0, 0.1) is 5.82 Å². The molecule has 34 heavy (non-hydrogen) atoms. The summed E-state index contributed by atoms with van der Waals surface area (Å²) in [6.07, 6.45) is 2.26. The van der Waals surface area contributed by atoms with E-state index < -0.39 is 18.3 Å². The van der Waals surface area contributed by atoms with Gasteiger partial charge in [-0.25, -0.2) is 4.39 Å². The summed E-state index contributed by atoms with van der Waals surface area (Å²) in [4.78, 5) is 42.0. The quantitative estimate of drug-likeness (QED) is 0.448. The number of benzene rings is 2. The van der Waals surface area contributed by atoms with Gasteiger partial charge in [-0.15, -0.1) is 0 Å². The smallest absolute Gasteiger partial charge is 0.258 e. The first-order valence-corrected chi connectivity index (χ1v) is 10.7. The van der Waals surface area contributed by atoms with Crippen molar-refractivity contribution in [2.24, 2.45) is 0 Å². The third-order valence-corrected chi connectivity index (χ3v) is 6.04. The van der Waals surface area contributed by atoms with Gasteiger partial charge in [-0.2, -0.15) is 0 Å². The van der Waals surface area contributed by atoms with Crippen molar-refractivity contribution < 1.29 is 23.9 Å². The molecule has 3 aromatic rings. The fourth-order valence-corrected chi connectivity index (χ4v) is 4.44. The van der Waals surface area contributed by atoms with E-state index in [4.69, 9.17) is 5.11 Å². The van der Waals surface area contributed by atoms with Gasteiger partial charge in [-0.1, -0.05) is 30.3 Å². The number of nitrogens with zero attached hydrogens (tertiary/aromatic N) is 1. The number of fused-ring (bicyclic) bond motifs is 2. The number of likely N-dealkylation sites (N-methyl/N-ethyl adjacent to an activating group) is 1. The van der Waals surface area contributed by atoms with Crippen molar-refractivity contribution in [2.75, 3.05) is 30.4 Å². The molecule has 5 rings (SSSR count). The number of amides is 3. The van der Waals surface area contributed by atoms with Gasteiger partial charge in [-0.05, 0) is 23.8 Å². The Labute approximate surface area is 194 Å². The highest BCUT2D eigenvalue weighted by Crippen LogP contribution is 2.41. The summed E-state index contributed by atoms with van der Waals surface area (Å²) < 4.78 is 14.8. The highest BCUT2D eigenvalue weighted by Gasteiger charge is 2.33. The van der Waals surface area contributed by atoms with Crippen LogP contribution in [0.15, 0.2) is 42.5 Å². The van der Waals surface area contributed by atoms with Crippen LogP contribution in [0.3, 0.4) is 0 Å². The number of anilines is 2. The number of nitrogens with one attached hydrogen (secondary N) is 3. The average Bonchev–Trinajstić information content (AvgIpc) is 3.32. The van der Waals surface area contributed by atoms with Gasteiger partial charge in [-0.3, -0.25) is 14.4 Å². The fraction of sp³-hybridized carbons (Fsp3) is 0.160. The van der Waals surface area contributed by atoms with Gasteiger partial charge in [0.1, 0.15) is 12.4 Å². The van der Waals surface area contributed by atoms with E-state index in [1.807, 2.05) is 30.3 Å². The molecular weight excluding hydrogens is 439 g/mol. The molecule has 0 aliphatic carbocycles. The lowest BCUT2D eigenvalue weighted by molar-refractivity contribution is -0.118. The normalized spacial score (nSPS) is 15.9. The second kappa shape index (κ2) is 8.27. The van der Waals surface area contributed by atoms with Crippen molar-refractivity contribution in [1.29, 1.82) is 0 Å². The summed E-state index contributed by atoms with van der Waals surface area (Å²) in [7, 11) is 1.56. The first kappa shape index (κ1) is 21.6. The summed E-state index contributed by atoms with van der Waals surface area (Å²) in [6, 6.07) is 11.9. The Balaban J connectivity index is 1.67. The summed E-state index contributed by atoms with van der Waals surface area (Å²) in [5, 5.41) is 14.1. The molecule has 3 amide bonds. The highest BCUT2D eigenvalue weighted by molar-refractivity contribution is 6.36. The van der Waals surface area contributed by atoms with E-state index in [9.17, 15) is 18.8 Å². The molecule has 0 saturated carbocycles. The number of aromatic nitrogens is 1. The number of aliphatic hydroxyl groups is 1. The van der Waals surface area contributed by atoms with E-state index in [1.54, 1.807) is 13.1 Å². The fourth-order valence-electron chi connectivity index (χ4n) is 4.44. The van der Waals surface area contributed by atoms with E-state index in [0.29, 0.717) is 41.0 Å². The topological polar surface area (TPSA) is 115 Å². The van der Waals surface area contributed by atoms with Crippen LogP contribution < -0.4 is 15.5 Å². The van der Waals surface area contributed by atoms with Crippen LogP contribution in [0.4, 0.5) is 15.8 Å². The molecule has 0 fully saturated rings. The van der Waals surface area contributed by atoms with E-state index in [-0.39, 0.29) is 23.1 Å². The van der Waals surface area contributed by atoms with Gasteiger partial charge in [0.05, 0.1) is 22.5 Å². The molecule has 0 spiro atoms. The van der Waals surface area contributed by atoms with Crippen molar-refractivity contribution in [3.63, 3.8) is 0 Å². The first-order valence-electron chi connectivity index (χ1n) is 10.7. The van der Waals surface area contributed by atoms with Gasteiger partial charge in [0, 0.05) is 42.5 Å². The molecule has 9 heteroatoms. The van der Waals surface area contributed by atoms with Crippen LogP contribution in [0.2, 0.25) is 0 Å². The predicted molar refractivity (Wildman–Crippen MR) is 126 cm³/mol. The summed E-state index contributed by atoms with van der Waals surface area (Å²) in [6.45, 7) is -0.279. The number of hydrogen-bond donors (Lipinski definition) is 4. The molecule has 4 N–H and O–H groups in total. The minimum absolute atomic E-state index is 0.129. The Bertz CT molecular complexity index is 1380. The SMILES string of the molecule is CN1C(=O)/C(=C\c2[nH]c3c(c2-c2ccccc2)C(=O)NCC3)c2cc(F)c(NC(=O)CO)cc21. The standard InChI is InChI=1S/C25H21FN4O4/c1-30-20-11-18(29-21(32)12-31)16(26)9-14(20)15(25(30)34)10-19-22(13-5-3-2-4-6-13)23-17(28-19)7-8-27-24(23)33/h2-6,9-11,28,31H,7-8,12H2,1H3,(H,27,33)(H,29,32)/b15-10-. The molecule has 3 heterocycles. The van der Waals surface area contributed by atoms with E-state index >= 15 is 0 Å². The molecule has 0 atom stereocenters. The lowest BCUT2D eigenvalue weighted by atomic mass is 9.95. The predicted octanol–water partition coefficient (Wildman–Crippen LogP) is 2.55. The molecule has 0 bridgehead atoms. The third kappa shape index (κ3) is 3.46. The van der Waals surface area contributed by atoms with Crippen LogP contribution in [0.1, 0.15) is 27.3 Å². The van der Waals surface area contributed by atoms with E-state index in [2.05, 4.69) is 15.6 Å². The summed E-state index contributed by atoms with van der Waals surface area (Å²) in [5.74, 6) is -2.03. The van der Waals surface area contributed by atoms with Crippen LogP contribution in [0.25, 0.3) is 22.8 Å². The molecule has 2 aliphatic heterocycles. The summed E-state index contributed by atoms with van der Waals surface area (Å²) >= 11 is 0. The maximum absolute atomic E-state index is 14.8.